The van der Waals surface area contributed by atoms with Crippen LogP contribution in [0.3, 0.4) is 0 Å². The summed E-state index contributed by atoms with van der Waals surface area (Å²) < 4.78 is 12.4. The number of ether oxygens (including phenoxy) is 2. The Hall–Kier alpha value is -2.78. The van der Waals surface area contributed by atoms with E-state index in [-0.39, 0.29) is 36.1 Å². The number of aryl methyl sites for hydroxylation is 1. The SMILES string of the molecule is COc1nn(C)cc1CC(=O)NC1=NNC([C@H]2CC[C@@H](OC(=O)NC(C)(C)C)C2)C1. The summed E-state index contributed by atoms with van der Waals surface area (Å²) >= 11 is 0. The largest absolute Gasteiger partial charge is 0.480 e. The highest BCUT2D eigenvalue weighted by atomic mass is 16.6. The van der Waals surface area contributed by atoms with Gasteiger partial charge in [-0.1, -0.05) is 0 Å². The number of alkyl carbamates (subject to hydrolysis) is 1. The molecule has 1 aromatic rings. The molecule has 0 aromatic carbocycles. The molecule has 2 aliphatic rings. The van der Waals surface area contributed by atoms with Crippen molar-refractivity contribution in [2.75, 3.05) is 7.11 Å². The van der Waals surface area contributed by atoms with Crippen LogP contribution in [0.2, 0.25) is 0 Å². The van der Waals surface area contributed by atoms with E-state index in [1.807, 2.05) is 20.8 Å². The van der Waals surface area contributed by atoms with Gasteiger partial charge in [-0.25, -0.2) is 4.79 Å². The zero-order valence-corrected chi connectivity index (χ0v) is 18.3. The molecular weight excluding hydrogens is 388 g/mol. The van der Waals surface area contributed by atoms with Crippen LogP contribution in [-0.2, 0) is 23.0 Å². The molecule has 1 fully saturated rings. The summed E-state index contributed by atoms with van der Waals surface area (Å²) in [4.78, 5) is 24.4. The highest BCUT2D eigenvalue weighted by molar-refractivity contribution is 5.99. The van der Waals surface area contributed by atoms with Crippen molar-refractivity contribution in [2.24, 2.45) is 18.1 Å². The number of methoxy groups -OCH3 is 1. The summed E-state index contributed by atoms with van der Waals surface area (Å²) in [7, 11) is 3.31. The molecule has 1 aromatic heterocycles. The second kappa shape index (κ2) is 8.93. The van der Waals surface area contributed by atoms with Crippen molar-refractivity contribution in [1.29, 1.82) is 0 Å². The topological polar surface area (TPSA) is 119 Å². The number of amidine groups is 1. The van der Waals surface area contributed by atoms with E-state index in [4.69, 9.17) is 9.47 Å². The lowest BCUT2D eigenvalue weighted by atomic mass is 9.96. The van der Waals surface area contributed by atoms with Gasteiger partial charge in [-0.2, -0.15) is 5.10 Å². The molecule has 3 atom stereocenters. The summed E-state index contributed by atoms with van der Waals surface area (Å²) in [6.45, 7) is 5.77. The van der Waals surface area contributed by atoms with Gasteiger partial charge in [0.2, 0.25) is 11.8 Å². The molecule has 1 aliphatic heterocycles. The maximum atomic E-state index is 12.4. The Bertz CT molecular complexity index is 813. The molecule has 0 saturated heterocycles. The Morgan fingerprint density at radius 2 is 2.10 bits per heavy atom. The monoisotopic (exact) mass is 420 g/mol. The minimum absolute atomic E-state index is 0.0872. The van der Waals surface area contributed by atoms with Crippen molar-refractivity contribution < 1.29 is 19.1 Å². The molecule has 1 aliphatic carbocycles. The number of hydrazone groups is 1. The number of carbonyl (C=O) groups excluding carboxylic acids is 2. The van der Waals surface area contributed by atoms with Crippen molar-refractivity contribution in [3.63, 3.8) is 0 Å². The molecule has 1 unspecified atom stereocenters. The van der Waals surface area contributed by atoms with E-state index < -0.39 is 0 Å². The molecule has 30 heavy (non-hydrogen) atoms. The second-order valence-corrected chi connectivity index (χ2v) is 9.04. The van der Waals surface area contributed by atoms with Gasteiger partial charge in [0.1, 0.15) is 11.9 Å². The van der Waals surface area contributed by atoms with Crippen LogP contribution in [0, 0.1) is 5.92 Å². The van der Waals surface area contributed by atoms with Crippen LogP contribution in [0.25, 0.3) is 0 Å². The average Bonchev–Trinajstić information content (AvgIpc) is 3.33. The van der Waals surface area contributed by atoms with Gasteiger partial charge >= 0.3 is 6.09 Å². The Morgan fingerprint density at radius 3 is 2.80 bits per heavy atom. The number of carbonyl (C=O) groups is 2. The Balaban J connectivity index is 1.43. The van der Waals surface area contributed by atoms with Gasteiger partial charge in [-0.15, -0.1) is 5.10 Å². The highest BCUT2D eigenvalue weighted by Crippen LogP contribution is 2.33. The smallest absolute Gasteiger partial charge is 0.407 e. The van der Waals surface area contributed by atoms with E-state index in [1.165, 1.54) is 7.11 Å². The number of hydrogen-bond acceptors (Lipinski definition) is 7. The van der Waals surface area contributed by atoms with Gasteiger partial charge in [0.05, 0.1) is 19.6 Å². The Labute approximate surface area is 176 Å². The van der Waals surface area contributed by atoms with Gasteiger partial charge in [0.25, 0.3) is 0 Å². The van der Waals surface area contributed by atoms with E-state index in [0.717, 1.165) is 24.8 Å². The number of hydrogen-bond donors (Lipinski definition) is 3. The molecule has 1 saturated carbocycles. The minimum atomic E-state index is -0.373. The van der Waals surface area contributed by atoms with Crippen molar-refractivity contribution in [1.82, 2.24) is 25.8 Å². The third-order valence-electron chi connectivity index (χ3n) is 5.22. The molecule has 166 valence electrons. The first-order chi connectivity index (χ1) is 14.1. The molecular formula is C20H32N6O4. The molecule has 2 amide bonds. The number of nitrogens with zero attached hydrogens (tertiary/aromatic N) is 3. The lowest BCUT2D eigenvalue weighted by Gasteiger charge is -2.22. The summed E-state index contributed by atoms with van der Waals surface area (Å²) in [6, 6.07) is 0.132. The van der Waals surface area contributed by atoms with Crippen LogP contribution in [0.15, 0.2) is 11.3 Å². The van der Waals surface area contributed by atoms with Crippen molar-refractivity contribution in [2.45, 2.75) is 70.6 Å². The molecule has 3 rings (SSSR count). The first-order valence-electron chi connectivity index (χ1n) is 10.3. The first-order valence-corrected chi connectivity index (χ1v) is 10.3. The van der Waals surface area contributed by atoms with Gasteiger partial charge in [0.15, 0.2) is 0 Å². The summed E-state index contributed by atoms with van der Waals surface area (Å²) in [5.74, 6) is 1.26. The summed E-state index contributed by atoms with van der Waals surface area (Å²) in [5, 5.41) is 14.1. The maximum absolute atomic E-state index is 12.4. The maximum Gasteiger partial charge on any atom is 0.407 e. The van der Waals surface area contributed by atoms with Crippen molar-refractivity contribution in [3.8, 4) is 5.88 Å². The fraction of sp³-hybridized carbons (Fsp3) is 0.700. The van der Waals surface area contributed by atoms with Crippen LogP contribution in [-0.4, -0.2) is 52.4 Å². The van der Waals surface area contributed by atoms with Crippen molar-refractivity contribution >= 4 is 17.8 Å². The Kier molecular flexibility index (Phi) is 6.52. The Morgan fingerprint density at radius 1 is 1.33 bits per heavy atom. The standard InChI is InChI=1S/C20H32N6O4/c1-20(2,3)22-19(28)30-14-7-6-12(8-14)15-10-16(24-23-15)21-17(27)9-13-11-26(4)25-18(13)29-5/h11-12,14-15,23H,6-10H2,1-5H3,(H,22,28)(H,21,24,27)/t12-,14+,15?/m0/s1. The van der Waals surface area contributed by atoms with Gasteiger partial charge in [-0.05, 0) is 46.0 Å². The third kappa shape index (κ3) is 5.87. The van der Waals surface area contributed by atoms with Gasteiger partial charge in [0, 0.05) is 30.8 Å². The lowest BCUT2D eigenvalue weighted by Crippen LogP contribution is -2.42. The number of nitrogens with one attached hydrogen (secondary N) is 3. The zero-order chi connectivity index (χ0) is 21.9. The van der Waals surface area contributed by atoms with Crippen LogP contribution in [0.1, 0.15) is 52.0 Å². The fourth-order valence-corrected chi connectivity index (χ4v) is 3.93. The number of amides is 2. The molecule has 3 N–H and O–H groups in total. The average molecular weight is 421 g/mol. The lowest BCUT2D eigenvalue weighted by molar-refractivity contribution is -0.119. The van der Waals surface area contributed by atoms with Crippen LogP contribution >= 0.6 is 0 Å². The van der Waals surface area contributed by atoms with E-state index in [1.54, 1.807) is 17.9 Å². The minimum Gasteiger partial charge on any atom is -0.480 e. The molecule has 2 heterocycles. The van der Waals surface area contributed by atoms with Gasteiger partial charge < -0.3 is 25.5 Å². The zero-order valence-electron chi connectivity index (χ0n) is 18.3. The number of rotatable bonds is 5. The summed E-state index contributed by atoms with van der Waals surface area (Å²) in [6.07, 6.45) is 4.70. The first kappa shape index (κ1) is 21.9. The predicted molar refractivity (Wildman–Crippen MR) is 111 cm³/mol. The molecule has 10 nitrogen and oxygen atoms in total. The molecule has 0 bridgehead atoms. The second-order valence-electron chi connectivity index (χ2n) is 9.04. The highest BCUT2D eigenvalue weighted by Gasteiger charge is 2.36. The summed E-state index contributed by atoms with van der Waals surface area (Å²) in [5.41, 5.74) is 3.54. The number of aromatic nitrogens is 2. The molecule has 0 radical (unpaired) electrons. The normalized spacial score (nSPS) is 23.5. The van der Waals surface area contributed by atoms with Crippen LogP contribution in [0.4, 0.5) is 4.79 Å². The van der Waals surface area contributed by atoms with E-state index in [2.05, 4.69) is 26.3 Å². The quantitative estimate of drug-likeness (QED) is 0.664. The molecule has 10 heteroatoms. The predicted octanol–water partition coefficient (Wildman–Crippen LogP) is 1.46. The van der Waals surface area contributed by atoms with E-state index in [9.17, 15) is 9.59 Å². The fourth-order valence-electron chi connectivity index (χ4n) is 3.93. The third-order valence-corrected chi connectivity index (χ3v) is 5.22. The van der Waals surface area contributed by atoms with Crippen LogP contribution < -0.4 is 20.8 Å². The molecule has 0 spiro atoms. The van der Waals surface area contributed by atoms with Crippen molar-refractivity contribution in [3.05, 3.63) is 11.8 Å². The van der Waals surface area contributed by atoms with E-state index >= 15 is 0 Å². The van der Waals surface area contributed by atoms with Crippen LogP contribution in [0.5, 0.6) is 5.88 Å². The van der Waals surface area contributed by atoms with E-state index in [0.29, 0.717) is 24.1 Å². The van der Waals surface area contributed by atoms with Gasteiger partial charge in [-0.3, -0.25) is 9.48 Å².